The Morgan fingerprint density at radius 1 is 1.24 bits per heavy atom. The highest BCUT2D eigenvalue weighted by molar-refractivity contribution is 9.10. The molecule has 21 heavy (non-hydrogen) atoms. The fourth-order valence-electron chi connectivity index (χ4n) is 1.56. The van der Waals surface area contributed by atoms with E-state index >= 15 is 0 Å². The molecule has 0 saturated heterocycles. The fourth-order valence-corrected chi connectivity index (χ4v) is 2.65. The van der Waals surface area contributed by atoms with Gasteiger partial charge in [0.25, 0.3) is 5.91 Å². The number of anilines is 2. The molecule has 2 aromatic rings. The van der Waals surface area contributed by atoms with E-state index in [1.54, 1.807) is 19.2 Å². The first-order chi connectivity index (χ1) is 9.93. The van der Waals surface area contributed by atoms with Gasteiger partial charge >= 0.3 is 0 Å². The van der Waals surface area contributed by atoms with Crippen LogP contribution in [0.4, 0.5) is 11.5 Å². The normalized spacial score (nSPS) is 10.3. The quantitative estimate of drug-likeness (QED) is 0.694. The molecule has 0 spiro atoms. The summed E-state index contributed by atoms with van der Waals surface area (Å²) in [6.07, 6.45) is 1.42. The molecule has 0 radical (unpaired) electrons. The number of carbonyl (C=O) groups is 1. The molecular weight excluding hydrogens is 400 g/mol. The predicted molar refractivity (Wildman–Crippen MR) is 90.9 cm³/mol. The number of carbonyl (C=O) groups excluding carboxylic acids is 1. The van der Waals surface area contributed by atoms with Crippen molar-refractivity contribution < 1.29 is 4.79 Å². The van der Waals surface area contributed by atoms with Crippen LogP contribution in [0.3, 0.4) is 0 Å². The second-order valence-corrected chi connectivity index (χ2v) is 6.00. The third-order valence-electron chi connectivity index (χ3n) is 2.62. The summed E-state index contributed by atoms with van der Waals surface area (Å²) in [6, 6.07) is 4.86. The number of halogens is 4. The standard InChI is InChI=1S/C13H9BrCl3N3O/c1-18-12-8(15)4-6(5-19-12)13(21)20-9-3-2-7(14)10(16)11(9)17/h2-5H,1H3,(H,18,19)(H,20,21). The molecule has 2 rings (SSSR count). The highest BCUT2D eigenvalue weighted by Gasteiger charge is 2.14. The summed E-state index contributed by atoms with van der Waals surface area (Å²) >= 11 is 21.3. The number of nitrogens with zero attached hydrogens (tertiary/aromatic N) is 1. The smallest absolute Gasteiger partial charge is 0.257 e. The number of aromatic nitrogens is 1. The van der Waals surface area contributed by atoms with Crippen molar-refractivity contribution in [1.82, 2.24) is 4.98 Å². The van der Waals surface area contributed by atoms with Crippen molar-refractivity contribution >= 4 is 68.1 Å². The molecule has 1 amide bonds. The van der Waals surface area contributed by atoms with Gasteiger partial charge < -0.3 is 10.6 Å². The summed E-state index contributed by atoms with van der Waals surface area (Å²) in [5.74, 6) is 0.116. The van der Waals surface area contributed by atoms with Crippen LogP contribution in [0.1, 0.15) is 10.4 Å². The Kier molecular flexibility index (Phi) is 5.32. The number of rotatable bonds is 3. The molecule has 0 atom stereocenters. The summed E-state index contributed by atoms with van der Waals surface area (Å²) in [5.41, 5.74) is 0.720. The molecule has 0 saturated carbocycles. The van der Waals surface area contributed by atoms with Gasteiger partial charge in [0, 0.05) is 17.7 Å². The lowest BCUT2D eigenvalue weighted by Crippen LogP contribution is -2.13. The number of hydrogen-bond donors (Lipinski definition) is 2. The first-order valence-electron chi connectivity index (χ1n) is 5.72. The Morgan fingerprint density at radius 2 is 1.95 bits per heavy atom. The molecular formula is C13H9BrCl3N3O. The molecule has 0 unspecified atom stereocenters. The van der Waals surface area contributed by atoms with Crippen LogP contribution in [0.25, 0.3) is 0 Å². The Labute approximate surface area is 144 Å². The number of benzene rings is 1. The van der Waals surface area contributed by atoms with E-state index in [9.17, 15) is 4.79 Å². The highest BCUT2D eigenvalue weighted by Crippen LogP contribution is 2.36. The van der Waals surface area contributed by atoms with Gasteiger partial charge in [-0.3, -0.25) is 4.79 Å². The summed E-state index contributed by atoms with van der Waals surface area (Å²) in [6.45, 7) is 0. The first kappa shape index (κ1) is 16.4. The molecule has 0 aliphatic rings. The van der Waals surface area contributed by atoms with Crippen molar-refractivity contribution in [2.45, 2.75) is 0 Å². The van der Waals surface area contributed by atoms with Crippen molar-refractivity contribution in [3.05, 3.63) is 49.5 Å². The average molecular weight is 409 g/mol. The summed E-state index contributed by atoms with van der Waals surface area (Å²) in [7, 11) is 1.69. The van der Waals surface area contributed by atoms with Crippen molar-refractivity contribution in [3.63, 3.8) is 0 Å². The summed E-state index contributed by atoms with van der Waals surface area (Å²) in [4.78, 5) is 16.2. The molecule has 110 valence electrons. The van der Waals surface area contributed by atoms with Crippen LogP contribution in [0.15, 0.2) is 28.9 Å². The van der Waals surface area contributed by atoms with Gasteiger partial charge in [0.1, 0.15) is 5.82 Å². The molecule has 1 aromatic heterocycles. The fraction of sp³-hybridized carbons (Fsp3) is 0.0769. The number of amides is 1. The monoisotopic (exact) mass is 407 g/mol. The maximum atomic E-state index is 12.2. The lowest BCUT2D eigenvalue weighted by molar-refractivity contribution is 0.102. The Balaban J connectivity index is 2.26. The molecule has 0 aliphatic carbocycles. The van der Waals surface area contributed by atoms with Gasteiger partial charge in [-0.2, -0.15) is 0 Å². The maximum Gasteiger partial charge on any atom is 0.257 e. The van der Waals surface area contributed by atoms with Crippen LogP contribution < -0.4 is 10.6 Å². The molecule has 1 aromatic carbocycles. The number of hydrogen-bond acceptors (Lipinski definition) is 3. The first-order valence-corrected chi connectivity index (χ1v) is 7.65. The molecule has 0 aliphatic heterocycles. The minimum Gasteiger partial charge on any atom is -0.372 e. The minimum atomic E-state index is -0.382. The Morgan fingerprint density at radius 3 is 2.57 bits per heavy atom. The minimum absolute atomic E-state index is 0.255. The van der Waals surface area contributed by atoms with Crippen LogP contribution in [0.2, 0.25) is 15.1 Å². The van der Waals surface area contributed by atoms with Crippen molar-refractivity contribution in [1.29, 1.82) is 0 Å². The van der Waals surface area contributed by atoms with E-state index in [2.05, 4.69) is 31.5 Å². The van der Waals surface area contributed by atoms with Crippen molar-refractivity contribution in [3.8, 4) is 0 Å². The summed E-state index contributed by atoms with van der Waals surface area (Å²) in [5, 5.41) is 6.42. The van der Waals surface area contributed by atoms with E-state index in [1.807, 2.05) is 0 Å². The maximum absolute atomic E-state index is 12.2. The van der Waals surface area contributed by atoms with Gasteiger partial charge in [-0.1, -0.05) is 34.8 Å². The van der Waals surface area contributed by atoms with E-state index in [4.69, 9.17) is 34.8 Å². The molecule has 8 heteroatoms. The van der Waals surface area contributed by atoms with Crippen molar-refractivity contribution in [2.75, 3.05) is 17.7 Å². The summed E-state index contributed by atoms with van der Waals surface area (Å²) < 4.78 is 0.648. The van der Waals surface area contributed by atoms with Crippen LogP contribution in [-0.4, -0.2) is 17.9 Å². The Bertz CT molecular complexity index is 709. The third kappa shape index (κ3) is 3.61. The van der Waals surface area contributed by atoms with Crippen LogP contribution in [0, 0.1) is 0 Å². The van der Waals surface area contributed by atoms with Gasteiger partial charge in [-0.15, -0.1) is 0 Å². The van der Waals surface area contributed by atoms with Gasteiger partial charge in [0.2, 0.25) is 0 Å². The van der Waals surface area contributed by atoms with Crippen molar-refractivity contribution in [2.24, 2.45) is 0 Å². The van der Waals surface area contributed by atoms with E-state index < -0.39 is 0 Å². The highest BCUT2D eigenvalue weighted by atomic mass is 79.9. The van der Waals surface area contributed by atoms with Crippen LogP contribution in [0.5, 0.6) is 0 Å². The SMILES string of the molecule is CNc1ncc(C(=O)Nc2ccc(Br)c(Cl)c2Cl)cc1Cl. The van der Waals surface area contributed by atoms with E-state index in [-0.39, 0.29) is 10.9 Å². The Hall–Kier alpha value is -1.01. The largest absolute Gasteiger partial charge is 0.372 e. The van der Waals surface area contributed by atoms with Gasteiger partial charge in [0.15, 0.2) is 0 Å². The molecule has 4 nitrogen and oxygen atoms in total. The zero-order valence-electron chi connectivity index (χ0n) is 10.7. The number of pyridine rings is 1. The molecule has 0 fully saturated rings. The lowest BCUT2D eigenvalue weighted by atomic mass is 10.2. The zero-order chi connectivity index (χ0) is 15.6. The van der Waals surface area contributed by atoms with Gasteiger partial charge in [-0.05, 0) is 34.1 Å². The third-order valence-corrected chi connectivity index (χ3v) is 4.68. The zero-order valence-corrected chi connectivity index (χ0v) is 14.5. The van der Waals surface area contributed by atoms with E-state index in [0.29, 0.717) is 31.6 Å². The molecule has 2 N–H and O–H groups in total. The second kappa shape index (κ2) is 6.83. The topological polar surface area (TPSA) is 54.0 Å². The second-order valence-electron chi connectivity index (χ2n) is 3.98. The average Bonchev–Trinajstić information content (AvgIpc) is 2.47. The van der Waals surface area contributed by atoms with Crippen LogP contribution >= 0.6 is 50.7 Å². The number of nitrogens with one attached hydrogen (secondary N) is 2. The molecule has 0 bridgehead atoms. The molecule has 1 heterocycles. The van der Waals surface area contributed by atoms with E-state index in [0.717, 1.165) is 0 Å². The predicted octanol–water partition coefficient (Wildman–Crippen LogP) is 5.10. The van der Waals surface area contributed by atoms with Gasteiger partial charge in [-0.25, -0.2) is 4.98 Å². The lowest BCUT2D eigenvalue weighted by Gasteiger charge is -2.10. The van der Waals surface area contributed by atoms with E-state index in [1.165, 1.54) is 12.3 Å². The van der Waals surface area contributed by atoms with Gasteiger partial charge in [0.05, 0.1) is 26.3 Å². The van der Waals surface area contributed by atoms with Crippen LogP contribution in [-0.2, 0) is 0 Å².